The lowest BCUT2D eigenvalue weighted by molar-refractivity contribution is 0.481. The molecule has 0 saturated carbocycles. The van der Waals surface area contributed by atoms with E-state index in [0.29, 0.717) is 5.02 Å². The second kappa shape index (κ2) is 7.82. The van der Waals surface area contributed by atoms with Crippen molar-refractivity contribution in [3.05, 3.63) is 95.0 Å². The average molecular weight is 324 g/mol. The maximum absolute atomic E-state index is 5.88. The fraction of sp³-hybridized carbons (Fsp3) is 0.100. The lowest BCUT2D eigenvalue weighted by Crippen LogP contribution is -2.12. The fourth-order valence-electron chi connectivity index (χ4n) is 2.30. The molecule has 0 aliphatic heterocycles. The molecule has 3 aromatic carbocycles. The highest BCUT2D eigenvalue weighted by atomic mass is 35.5. The van der Waals surface area contributed by atoms with E-state index in [1.54, 1.807) is 0 Å². The number of nitrogens with one attached hydrogen (secondary N) is 1. The summed E-state index contributed by atoms with van der Waals surface area (Å²) in [5.74, 6) is 1.61. The van der Waals surface area contributed by atoms with Crippen molar-refractivity contribution in [2.75, 3.05) is 0 Å². The first-order valence-corrected chi connectivity index (χ1v) is 7.94. The molecule has 0 bridgehead atoms. The van der Waals surface area contributed by atoms with Gasteiger partial charge in [0.2, 0.25) is 0 Å². The van der Waals surface area contributed by atoms with E-state index >= 15 is 0 Å². The van der Waals surface area contributed by atoms with Gasteiger partial charge in [-0.1, -0.05) is 54.1 Å². The molecule has 0 unspecified atom stereocenters. The Labute approximate surface area is 141 Å². The third kappa shape index (κ3) is 4.85. The first-order valence-electron chi connectivity index (χ1n) is 7.56. The van der Waals surface area contributed by atoms with Crippen LogP contribution < -0.4 is 10.1 Å². The largest absolute Gasteiger partial charge is 0.457 e. The molecule has 3 aromatic rings. The number of hydrogen-bond donors (Lipinski definition) is 1. The molecule has 116 valence electrons. The van der Waals surface area contributed by atoms with Crippen LogP contribution in [0.15, 0.2) is 78.9 Å². The molecule has 3 heteroatoms. The highest BCUT2D eigenvalue weighted by molar-refractivity contribution is 6.30. The van der Waals surface area contributed by atoms with Crippen molar-refractivity contribution in [2.24, 2.45) is 0 Å². The molecule has 0 amide bonds. The minimum atomic E-state index is 0.705. The van der Waals surface area contributed by atoms with E-state index in [4.69, 9.17) is 16.3 Å². The quantitative estimate of drug-likeness (QED) is 0.653. The van der Waals surface area contributed by atoms with E-state index in [0.717, 1.165) is 24.6 Å². The second-order valence-electron chi connectivity index (χ2n) is 5.29. The molecule has 0 saturated heterocycles. The summed E-state index contributed by atoms with van der Waals surface area (Å²) in [6, 6.07) is 25.8. The number of halogens is 1. The molecule has 0 aromatic heterocycles. The van der Waals surface area contributed by atoms with Crippen molar-refractivity contribution in [3.8, 4) is 11.5 Å². The minimum Gasteiger partial charge on any atom is -0.457 e. The lowest BCUT2D eigenvalue weighted by Gasteiger charge is -2.09. The van der Waals surface area contributed by atoms with Gasteiger partial charge in [-0.2, -0.15) is 0 Å². The third-order valence-corrected chi connectivity index (χ3v) is 3.70. The summed E-state index contributed by atoms with van der Waals surface area (Å²) >= 11 is 5.88. The van der Waals surface area contributed by atoms with Crippen LogP contribution in [0.1, 0.15) is 11.1 Å². The van der Waals surface area contributed by atoms with Crippen LogP contribution in [0.4, 0.5) is 0 Å². The fourth-order valence-corrected chi connectivity index (χ4v) is 2.43. The Morgan fingerprint density at radius 3 is 2.17 bits per heavy atom. The first kappa shape index (κ1) is 15.6. The Hall–Kier alpha value is -2.29. The molecule has 0 atom stereocenters. The van der Waals surface area contributed by atoms with Crippen LogP contribution in [0.25, 0.3) is 0 Å². The Bertz CT molecular complexity index is 741. The van der Waals surface area contributed by atoms with E-state index in [1.165, 1.54) is 11.1 Å². The van der Waals surface area contributed by atoms with Crippen molar-refractivity contribution in [2.45, 2.75) is 13.1 Å². The summed E-state index contributed by atoms with van der Waals surface area (Å²) in [6.07, 6.45) is 0. The summed E-state index contributed by atoms with van der Waals surface area (Å²) in [6.45, 7) is 1.65. The molecule has 23 heavy (non-hydrogen) atoms. The normalized spacial score (nSPS) is 10.5. The van der Waals surface area contributed by atoms with Crippen LogP contribution in [0.3, 0.4) is 0 Å². The highest BCUT2D eigenvalue weighted by Gasteiger charge is 2.00. The zero-order chi connectivity index (χ0) is 15.9. The topological polar surface area (TPSA) is 21.3 Å². The molecule has 0 fully saturated rings. The van der Waals surface area contributed by atoms with Gasteiger partial charge >= 0.3 is 0 Å². The number of hydrogen-bond acceptors (Lipinski definition) is 2. The average Bonchev–Trinajstić information content (AvgIpc) is 2.58. The molecule has 0 aliphatic carbocycles. The van der Waals surface area contributed by atoms with Gasteiger partial charge in [-0.25, -0.2) is 0 Å². The molecule has 1 N–H and O–H groups in total. The Balaban J connectivity index is 1.57. The van der Waals surface area contributed by atoms with Crippen LogP contribution in [0.5, 0.6) is 11.5 Å². The summed E-state index contributed by atoms with van der Waals surface area (Å²) in [5.41, 5.74) is 2.47. The van der Waals surface area contributed by atoms with Crippen LogP contribution in [0, 0.1) is 0 Å². The van der Waals surface area contributed by atoms with E-state index in [9.17, 15) is 0 Å². The predicted octanol–water partition coefficient (Wildman–Crippen LogP) is 5.42. The van der Waals surface area contributed by atoms with Gasteiger partial charge in [0, 0.05) is 18.1 Å². The van der Waals surface area contributed by atoms with Crippen LogP contribution in [-0.4, -0.2) is 0 Å². The standard InChI is InChI=1S/C20H18ClNO/c21-18-9-11-19(12-10-18)23-20-8-4-7-17(13-20)15-22-14-16-5-2-1-3-6-16/h1-13,22H,14-15H2. The van der Waals surface area contributed by atoms with Gasteiger partial charge in [-0.05, 0) is 47.5 Å². The zero-order valence-electron chi connectivity index (χ0n) is 12.7. The van der Waals surface area contributed by atoms with E-state index in [2.05, 4.69) is 35.6 Å². The number of benzene rings is 3. The van der Waals surface area contributed by atoms with Gasteiger partial charge in [0.05, 0.1) is 0 Å². The minimum absolute atomic E-state index is 0.705. The van der Waals surface area contributed by atoms with Crippen molar-refractivity contribution in [3.63, 3.8) is 0 Å². The molecule has 0 spiro atoms. The van der Waals surface area contributed by atoms with Crippen LogP contribution in [-0.2, 0) is 13.1 Å². The molecular weight excluding hydrogens is 306 g/mol. The Morgan fingerprint density at radius 1 is 0.696 bits per heavy atom. The van der Waals surface area contributed by atoms with E-state index < -0.39 is 0 Å². The Kier molecular flexibility index (Phi) is 5.30. The van der Waals surface area contributed by atoms with Gasteiger partial charge in [0.15, 0.2) is 0 Å². The van der Waals surface area contributed by atoms with Crippen molar-refractivity contribution < 1.29 is 4.74 Å². The van der Waals surface area contributed by atoms with Gasteiger partial charge in [0.1, 0.15) is 11.5 Å². The van der Waals surface area contributed by atoms with Crippen molar-refractivity contribution >= 4 is 11.6 Å². The van der Waals surface area contributed by atoms with E-state index in [-0.39, 0.29) is 0 Å². The first-order chi connectivity index (χ1) is 11.3. The summed E-state index contributed by atoms with van der Waals surface area (Å²) < 4.78 is 5.85. The van der Waals surface area contributed by atoms with E-state index in [1.807, 2.05) is 48.5 Å². The Morgan fingerprint density at radius 2 is 1.39 bits per heavy atom. The second-order valence-corrected chi connectivity index (χ2v) is 5.73. The monoisotopic (exact) mass is 323 g/mol. The maximum Gasteiger partial charge on any atom is 0.127 e. The van der Waals surface area contributed by atoms with Crippen LogP contribution >= 0.6 is 11.6 Å². The molecule has 0 radical (unpaired) electrons. The maximum atomic E-state index is 5.88. The van der Waals surface area contributed by atoms with Gasteiger partial charge in [0.25, 0.3) is 0 Å². The third-order valence-electron chi connectivity index (χ3n) is 3.45. The molecule has 0 aliphatic rings. The van der Waals surface area contributed by atoms with Gasteiger partial charge in [-0.15, -0.1) is 0 Å². The summed E-state index contributed by atoms with van der Waals surface area (Å²) in [4.78, 5) is 0. The van der Waals surface area contributed by atoms with Gasteiger partial charge in [-0.3, -0.25) is 0 Å². The van der Waals surface area contributed by atoms with Gasteiger partial charge < -0.3 is 10.1 Å². The molecule has 0 heterocycles. The number of ether oxygens (including phenoxy) is 1. The summed E-state index contributed by atoms with van der Waals surface area (Å²) in [7, 11) is 0. The van der Waals surface area contributed by atoms with Crippen molar-refractivity contribution in [1.82, 2.24) is 5.32 Å². The van der Waals surface area contributed by atoms with Crippen LogP contribution in [0.2, 0.25) is 5.02 Å². The molecular formula is C20H18ClNO. The summed E-state index contributed by atoms with van der Waals surface area (Å²) in [5, 5.41) is 4.15. The van der Waals surface area contributed by atoms with Crippen molar-refractivity contribution in [1.29, 1.82) is 0 Å². The SMILES string of the molecule is Clc1ccc(Oc2cccc(CNCc3ccccc3)c2)cc1. The predicted molar refractivity (Wildman–Crippen MR) is 95.0 cm³/mol. The highest BCUT2D eigenvalue weighted by Crippen LogP contribution is 2.23. The molecule has 2 nitrogen and oxygen atoms in total. The smallest absolute Gasteiger partial charge is 0.127 e. The number of rotatable bonds is 6. The lowest BCUT2D eigenvalue weighted by atomic mass is 10.2. The zero-order valence-corrected chi connectivity index (χ0v) is 13.5. The molecule has 3 rings (SSSR count).